The first-order valence-electron chi connectivity index (χ1n) is 7.41. The maximum atomic E-state index is 14.0. The van der Waals surface area contributed by atoms with Crippen molar-refractivity contribution >= 4 is 17.5 Å². The van der Waals surface area contributed by atoms with E-state index >= 15 is 0 Å². The lowest BCUT2D eigenvalue weighted by Gasteiger charge is -2.23. The number of anilines is 1. The summed E-state index contributed by atoms with van der Waals surface area (Å²) in [6.45, 7) is -1.93. The number of likely N-dealkylation sites (N-methyl/N-ethyl adjacent to an activating group) is 1. The third-order valence-corrected chi connectivity index (χ3v) is 3.19. The second-order valence-electron chi connectivity index (χ2n) is 4.65. The molecule has 1 aromatic rings. The van der Waals surface area contributed by atoms with Gasteiger partial charge in [-0.15, -0.1) is 0 Å². The molecule has 1 heterocycles. The molecule has 1 fully saturated rings. The Balaban J connectivity index is 2.50. The van der Waals surface area contributed by atoms with Crippen LogP contribution in [0.2, 0.25) is 0 Å². The third kappa shape index (κ3) is 2.59. The molecule has 1 aromatic carbocycles. The number of carbonyl (C=O) groups is 2. The number of amides is 2. The zero-order valence-corrected chi connectivity index (χ0v) is 10.8. The standard InChI is InChI=1S/C13H14F2N2O4/c1-5-3-8(7(15)4-6(5)14)17(2)13(21)9-10(18)11(19)12(20)16-9/h3-4,9-11,18-19H,1-2H3,(H,16,20)/t9-,10-,11-/m0/s1/i2D3. The summed E-state index contributed by atoms with van der Waals surface area (Å²) >= 11 is 0. The van der Waals surface area contributed by atoms with E-state index in [9.17, 15) is 28.6 Å². The molecule has 0 aromatic heterocycles. The van der Waals surface area contributed by atoms with Crippen LogP contribution in [0.4, 0.5) is 14.5 Å². The molecular weight excluding hydrogens is 286 g/mol. The topological polar surface area (TPSA) is 89.9 Å². The lowest BCUT2D eigenvalue weighted by Crippen LogP contribution is -2.48. The Morgan fingerprint density at radius 2 is 2.05 bits per heavy atom. The fourth-order valence-electron chi connectivity index (χ4n) is 1.94. The average Bonchev–Trinajstić information content (AvgIpc) is 2.71. The molecule has 3 N–H and O–H groups in total. The highest BCUT2D eigenvalue weighted by molar-refractivity contribution is 6.02. The van der Waals surface area contributed by atoms with Crippen LogP contribution in [0.1, 0.15) is 9.68 Å². The molecule has 1 saturated heterocycles. The van der Waals surface area contributed by atoms with Gasteiger partial charge in [-0.2, -0.15) is 0 Å². The summed E-state index contributed by atoms with van der Waals surface area (Å²) in [6.07, 6.45) is -3.82. The van der Waals surface area contributed by atoms with Gasteiger partial charge in [-0.05, 0) is 18.6 Å². The van der Waals surface area contributed by atoms with Gasteiger partial charge in [0.15, 0.2) is 6.10 Å². The van der Waals surface area contributed by atoms with Gasteiger partial charge in [-0.25, -0.2) is 8.78 Å². The minimum Gasteiger partial charge on any atom is -0.387 e. The van der Waals surface area contributed by atoms with Crippen LogP contribution in [-0.2, 0) is 9.59 Å². The molecule has 6 nitrogen and oxygen atoms in total. The Morgan fingerprint density at radius 3 is 2.57 bits per heavy atom. The third-order valence-electron chi connectivity index (χ3n) is 3.19. The number of carbonyl (C=O) groups excluding carboxylic acids is 2. The van der Waals surface area contributed by atoms with Gasteiger partial charge in [0.25, 0.3) is 11.8 Å². The molecule has 8 heteroatoms. The van der Waals surface area contributed by atoms with Crippen LogP contribution in [0.25, 0.3) is 0 Å². The van der Waals surface area contributed by atoms with E-state index in [-0.39, 0.29) is 10.5 Å². The van der Waals surface area contributed by atoms with Crippen molar-refractivity contribution in [3.05, 3.63) is 29.3 Å². The Kier molecular flexibility index (Phi) is 2.97. The normalized spacial score (nSPS) is 27.6. The predicted molar refractivity (Wildman–Crippen MR) is 68.4 cm³/mol. The smallest absolute Gasteiger partial charge is 0.252 e. The zero-order chi connectivity index (χ0) is 18.4. The van der Waals surface area contributed by atoms with Crippen molar-refractivity contribution in [1.82, 2.24) is 5.32 Å². The highest BCUT2D eigenvalue weighted by Gasteiger charge is 2.45. The first-order valence-corrected chi connectivity index (χ1v) is 5.91. The quantitative estimate of drug-likeness (QED) is 0.684. The molecule has 2 amide bonds. The minimum absolute atomic E-state index is 0.0426. The van der Waals surface area contributed by atoms with Crippen LogP contribution in [0.15, 0.2) is 12.1 Å². The summed E-state index contributed by atoms with van der Waals surface area (Å²) in [5.41, 5.74) is -0.841. The lowest BCUT2D eigenvalue weighted by atomic mass is 10.1. The van der Waals surface area contributed by atoms with Crippen molar-refractivity contribution in [2.24, 2.45) is 0 Å². The van der Waals surface area contributed by atoms with Crippen LogP contribution in [0.5, 0.6) is 0 Å². The van der Waals surface area contributed by atoms with E-state index in [1.165, 1.54) is 6.92 Å². The Morgan fingerprint density at radius 1 is 1.38 bits per heavy atom. The number of nitrogens with zero attached hydrogens (tertiary/aromatic N) is 1. The van der Waals surface area contributed by atoms with E-state index in [4.69, 9.17) is 4.11 Å². The summed E-state index contributed by atoms with van der Waals surface area (Å²) in [6, 6.07) is -0.526. The second-order valence-corrected chi connectivity index (χ2v) is 4.65. The summed E-state index contributed by atoms with van der Waals surface area (Å²) in [5, 5.41) is 21.0. The van der Waals surface area contributed by atoms with Crippen LogP contribution >= 0.6 is 0 Å². The number of hydrogen-bond acceptors (Lipinski definition) is 4. The van der Waals surface area contributed by atoms with Gasteiger partial charge in [-0.1, -0.05) is 0 Å². The van der Waals surface area contributed by atoms with Gasteiger partial charge in [-0.3, -0.25) is 9.59 Å². The number of hydrogen-bond donors (Lipinski definition) is 3. The van der Waals surface area contributed by atoms with Crippen molar-refractivity contribution in [2.45, 2.75) is 25.2 Å². The molecule has 0 radical (unpaired) electrons. The van der Waals surface area contributed by atoms with E-state index < -0.39 is 54.4 Å². The summed E-state index contributed by atoms with van der Waals surface area (Å²) in [4.78, 5) is 23.8. The molecule has 3 atom stereocenters. The van der Waals surface area contributed by atoms with E-state index in [0.717, 1.165) is 6.07 Å². The largest absolute Gasteiger partial charge is 0.387 e. The van der Waals surface area contributed by atoms with Crippen LogP contribution in [-0.4, -0.2) is 47.3 Å². The zero-order valence-electron chi connectivity index (χ0n) is 13.8. The fourth-order valence-corrected chi connectivity index (χ4v) is 1.94. The molecule has 0 saturated carbocycles. The molecule has 21 heavy (non-hydrogen) atoms. The summed E-state index contributed by atoms with van der Waals surface area (Å²) < 4.78 is 49.7. The maximum absolute atomic E-state index is 14.0. The molecule has 0 bridgehead atoms. The highest BCUT2D eigenvalue weighted by Crippen LogP contribution is 2.24. The van der Waals surface area contributed by atoms with E-state index in [2.05, 4.69) is 0 Å². The number of halogens is 2. The minimum atomic E-state index is -3.18. The molecule has 1 aliphatic heterocycles. The van der Waals surface area contributed by atoms with Gasteiger partial charge in [0, 0.05) is 17.2 Å². The van der Waals surface area contributed by atoms with Crippen molar-refractivity contribution in [1.29, 1.82) is 0 Å². The van der Waals surface area contributed by atoms with Gasteiger partial charge in [0.05, 0.1) is 5.69 Å². The molecule has 0 spiro atoms. The van der Waals surface area contributed by atoms with Gasteiger partial charge < -0.3 is 20.4 Å². The number of nitrogens with one attached hydrogen (secondary N) is 1. The number of rotatable bonds is 2. The van der Waals surface area contributed by atoms with Gasteiger partial charge in [0.2, 0.25) is 0 Å². The molecule has 0 unspecified atom stereocenters. The Labute approximate surface area is 123 Å². The first-order chi connectivity index (χ1) is 10.9. The monoisotopic (exact) mass is 303 g/mol. The number of aliphatic hydroxyl groups is 2. The fraction of sp³-hybridized carbons (Fsp3) is 0.385. The number of aliphatic hydroxyl groups excluding tert-OH is 2. The Hall–Kier alpha value is -2.06. The van der Waals surface area contributed by atoms with Crippen molar-refractivity contribution < 1.29 is 32.7 Å². The molecule has 1 aliphatic rings. The van der Waals surface area contributed by atoms with Crippen LogP contribution < -0.4 is 10.2 Å². The van der Waals surface area contributed by atoms with Gasteiger partial charge >= 0.3 is 0 Å². The van der Waals surface area contributed by atoms with E-state index in [1.54, 1.807) is 0 Å². The second kappa shape index (κ2) is 5.38. The molecule has 2 rings (SSSR count). The van der Waals surface area contributed by atoms with E-state index in [1.807, 2.05) is 5.32 Å². The van der Waals surface area contributed by atoms with Crippen LogP contribution in [0.3, 0.4) is 0 Å². The number of aryl methyl sites for hydroxylation is 1. The maximum Gasteiger partial charge on any atom is 0.252 e. The summed E-state index contributed by atoms with van der Waals surface area (Å²) in [5.74, 6) is -4.67. The Bertz CT molecular complexity index is 699. The van der Waals surface area contributed by atoms with Crippen LogP contribution in [0, 0.1) is 18.6 Å². The number of benzene rings is 1. The van der Waals surface area contributed by atoms with E-state index in [0.29, 0.717) is 6.07 Å². The lowest BCUT2D eigenvalue weighted by molar-refractivity contribution is -0.128. The SMILES string of the molecule is [2H]C([2H])([2H])N(C(=O)[C@H]1NC(=O)[C@@H](O)[C@H]1O)c1cc(C)c(F)cc1F. The average molecular weight is 303 g/mol. The van der Waals surface area contributed by atoms with Crippen molar-refractivity contribution in [3.63, 3.8) is 0 Å². The molecule has 0 aliphatic carbocycles. The molecule has 114 valence electrons. The van der Waals surface area contributed by atoms with Crippen molar-refractivity contribution in [3.8, 4) is 0 Å². The van der Waals surface area contributed by atoms with Gasteiger partial charge in [0.1, 0.15) is 23.8 Å². The summed E-state index contributed by atoms with van der Waals surface area (Å²) in [7, 11) is 0. The highest BCUT2D eigenvalue weighted by atomic mass is 19.1. The predicted octanol–water partition coefficient (Wildman–Crippen LogP) is -0.544. The first kappa shape index (κ1) is 11.6. The molecular formula is C13H14F2N2O4. The van der Waals surface area contributed by atoms with Crippen molar-refractivity contribution in [2.75, 3.05) is 11.9 Å².